The summed E-state index contributed by atoms with van der Waals surface area (Å²) in [5.41, 5.74) is 3.91. The van der Waals surface area contributed by atoms with Crippen molar-refractivity contribution in [2.75, 3.05) is 0 Å². The third-order valence-electron chi connectivity index (χ3n) is 4.18. The van der Waals surface area contributed by atoms with Crippen molar-refractivity contribution in [3.05, 3.63) is 41.0 Å². The van der Waals surface area contributed by atoms with Crippen molar-refractivity contribution in [3.8, 4) is 0 Å². The van der Waals surface area contributed by atoms with E-state index in [1.807, 2.05) is 51.6 Å². The number of aryl methyl sites for hydroxylation is 4. The maximum atomic E-state index is 12.9. The first-order valence-electron chi connectivity index (χ1n) is 8.05. The molecule has 0 spiro atoms. The molecule has 3 rings (SSSR count). The lowest BCUT2D eigenvalue weighted by molar-refractivity contribution is 0.0939. The van der Waals surface area contributed by atoms with Crippen LogP contribution in [0.5, 0.6) is 0 Å². The number of fused-ring (bicyclic) bond motifs is 1. The normalized spacial score (nSPS) is 12.5. The lowest BCUT2D eigenvalue weighted by Crippen LogP contribution is -2.28. The Kier molecular flexibility index (Phi) is 4.09. The van der Waals surface area contributed by atoms with E-state index in [2.05, 4.69) is 20.5 Å². The Balaban J connectivity index is 1.97. The molecule has 0 aliphatic heterocycles. The van der Waals surface area contributed by atoms with Crippen molar-refractivity contribution in [3.63, 3.8) is 0 Å². The number of nitrogens with one attached hydrogen (secondary N) is 1. The van der Waals surface area contributed by atoms with Crippen LogP contribution >= 0.6 is 0 Å². The summed E-state index contributed by atoms with van der Waals surface area (Å²) >= 11 is 0. The molecule has 24 heavy (non-hydrogen) atoms. The van der Waals surface area contributed by atoms with E-state index in [9.17, 15) is 4.79 Å². The summed E-state index contributed by atoms with van der Waals surface area (Å²) in [6.45, 7) is 8.53. The Labute approximate surface area is 140 Å². The molecule has 0 radical (unpaired) electrons. The highest BCUT2D eigenvalue weighted by atomic mass is 16.1. The second-order valence-electron chi connectivity index (χ2n) is 5.99. The molecule has 1 atom stereocenters. The van der Waals surface area contributed by atoms with Gasteiger partial charge in [0.1, 0.15) is 0 Å². The van der Waals surface area contributed by atoms with Crippen molar-refractivity contribution in [1.29, 1.82) is 0 Å². The molecule has 126 valence electrons. The summed E-state index contributed by atoms with van der Waals surface area (Å²) in [6, 6.07) is 3.60. The van der Waals surface area contributed by atoms with E-state index < -0.39 is 0 Å². The van der Waals surface area contributed by atoms with Crippen LogP contribution in [0, 0.1) is 13.8 Å². The first-order valence-corrected chi connectivity index (χ1v) is 8.05. The molecule has 1 N–H and O–H groups in total. The lowest BCUT2D eigenvalue weighted by Gasteiger charge is -2.16. The molecule has 0 aliphatic carbocycles. The highest BCUT2D eigenvalue weighted by molar-refractivity contribution is 6.06. The number of nitrogens with zero attached hydrogens (tertiary/aromatic N) is 5. The van der Waals surface area contributed by atoms with Crippen LogP contribution in [-0.4, -0.2) is 30.5 Å². The average Bonchev–Trinajstić information content (AvgIpc) is 3.11. The number of aromatic nitrogens is 5. The fraction of sp³-hybridized carbons (Fsp3) is 0.412. The maximum Gasteiger partial charge on any atom is 0.252 e. The van der Waals surface area contributed by atoms with Gasteiger partial charge in [0.15, 0.2) is 5.65 Å². The molecule has 7 heteroatoms. The molecule has 0 saturated carbocycles. The Morgan fingerprint density at radius 2 is 2.12 bits per heavy atom. The summed E-state index contributed by atoms with van der Waals surface area (Å²) in [5.74, 6) is -0.127. The minimum atomic E-state index is -0.138. The Bertz CT molecular complexity index is 907. The topological polar surface area (TPSA) is 77.6 Å². The minimum Gasteiger partial charge on any atom is -0.344 e. The van der Waals surface area contributed by atoms with Gasteiger partial charge in [0.2, 0.25) is 0 Å². The predicted molar refractivity (Wildman–Crippen MR) is 91.8 cm³/mol. The van der Waals surface area contributed by atoms with Crippen molar-refractivity contribution in [2.24, 2.45) is 7.05 Å². The van der Waals surface area contributed by atoms with Crippen LogP contribution in [-0.2, 0) is 13.6 Å². The molecule has 0 aliphatic rings. The smallest absolute Gasteiger partial charge is 0.252 e. The van der Waals surface area contributed by atoms with E-state index in [0.717, 1.165) is 34.7 Å². The van der Waals surface area contributed by atoms with Gasteiger partial charge < -0.3 is 5.32 Å². The monoisotopic (exact) mass is 326 g/mol. The lowest BCUT2D eigenvalue weighted by atomic mass is 10.1. The van der Waals surface area contributed by atoms with Crippen LogP contribution in [0.2, 0.25) is 0 Å². The molecule has 0 bridgehead atoms. The van der Waals surface area contributed by atoms with Crippen LogP contribution in [0.25, 0.3) is 11.0 Å². The number of hydrogen-bond donors (Lipinski definition) is 1. The second kappa shape index (κ2) is 6.07. The molecule has 0 unspecified atom stereocenters. The van der Waals surface area contributed by atoms with Gasteiger partial charge >= 0.3 is 0 Å². The van der Waals surface area contributed by atoms with Gasteiger partial charge in [0.25, 0.3) is 5.91 Å². The van der Waals surface area contributed by atoms with Crippen LogP contribution in [0.15, 0.2) is 18.3 Å². The fourth-order valence-corrected chi connectivity index (χ4v) is 3.07. The van der Waals surface area contributed by atoms with Gasteiger partial charge in [0, 0.05) is 25.5 Å². The number of hydrogen-bond acceptors (Lipinski definition) is 4. The van der Waals surface area contributed by atoms with Gasteiger partial charge in [-0.25, -0.2) is 4.98 Å². The van der Waals surface area contributed by atoms with Crippen molar-refractivity contribution in [1.82, 2.24) is 29.9 Å². The SMILES string of the molecule is CCn1nccc1[C@@H](C)NC(=O)c1cc(C)nc2c1c(C)nn2C. The quantitative estimate of drug-likeness (QED) is 0.798. The summed E-state index contributed by atoms with van der Waals surface area (Å²) in [7, 11) is 1.84. The van der Waals surface area contributed by atoms with Crippen molar-refractivity contribution >= 4 is 16.9 Å². The standard InChI is InChI=1S/C17H22N6O/c1-6-23-14(7-8-18-23)11(3)20-17(24)13-9-10(2)19-16-15(13)12(4)21-22(16)5/h7-9,11H,6H2,1-5H3,(H,20,24)/t11-/m1/s1. The molecule has 3 aromatic heterocycles. The zero-order valence-electron chi connectivity index (χ0n) is 14.7. The molecule has 3 heterocycles. The third-order valence-corrected chi connectivity index (χ3v) is 4.18. The second-order valence-corrected chi connectivity index (χ2v) is 5.99. The van der Waals surface area contributed by atoms with E-state index in [4.69, 9.17) is 0 Å². The Hall–Kier alpha value is -2.70. The summed E-state index contributed by atoms with van der Waals surface area (Å²) in [6.07, 6.45) is 1.75. The molecule has 0 saturated heterocycles. The maximum absolute atomic E-state index is 12.9. The molecule has 0 aromatic carbocycles. The zero-order chi connectivity index (χ0) is 17.4. The number of carbonyl (C=O) groups is 1. The average molecular weight is 326 g/mol. The largest absolute Gasteiger partial charge is 0.344 e. The van der Waals surface area contributed by atoms with E-state index in [1.165, 1.54) is 0 Å². The number of rotatable bonds is 4. The molecular formula is C17H22N6O. The van der Waals surface area contributed by atoms with Crippen LogP contribution < -0.4 is 5.32 Å². The van der Waals surface area contributed by atoms with E-state index in [0.29, 0.717) is 5.56 Å². The Morgan fingerprint density at radius 3 is 2.83 bits per heavy atom. The molecular weight excluding hydrogens is 304 g/mol. The molecule has 1 amide bonds. The molecule has 0 fully saturated rings. The Morgan fingerprint density at radius 1 is 1.38 bits per heavy atom. The van der Waals surface area contributed by atoms with Crippen molar-refractivity contribution in [2.45, 2.75) is 40.3 Å². The van der Waals surface area contributed by atoms with E-state index in [1.54, 1.807) is 10.9 Å². The minimum absolute atomic E-state index is 0.127. The molecule has 7 nitrogen and oxygen atoms in total. The van der Waals surface area contributed by atoms with Gasteiger partial charge in [0.05, 0.1) is 28.4 Å². The fourth-order valence-electron chi connectivity index (χ4n) is 3.07. The van der Waals surface area contributed by atoms with Gasteiger partial charge in [-0.3, -0.25) is 14.2 Å². The van der Waals surface area contributed by atoms with E-state index >= 15 is 0 Å². The van der Waals surface area contributed by atoms with Gasteiger partial charge in [-0.15, -0.1) is 0 Å². The summed E-state index contributed by atoms with van der Waals surface area (Å²) < 4.78 is 3.59. The first kappa shape index (κ1) is 16.2. The van der Waals surface area contributed by atoms with Gasteiger partial charge in [-0.2, -0.15) is 10.2 Å². The van der Waals surface area contributed by atoms with Crippen LogP contribution in [0.3, 0.4) is 0 Å². The summed E-state index contributed by atoms with van der Waals surface area (Å²) in [5, 5.41) is 12.5. The van der Waals surface area contributed by atoms with E-state index in [-0.39, 0.29) is 11.9 Å². The van der Waals surface area contributed by atoms with Crippen LogP contribution in [0.4, 0.5) is 0 Å². The van der Waals surface area contributed by atoms with Gasteiger partial charge in [-0.05, 0) is 39.8 Å². The number of pyridine rings is 1. The number of amides is 1. The molecule has 3 aromatic rings. The van der Waals surface area contributed by atoms with Crippen LogP contribution in [0.1, 0.15) is 47.3 Å². The van der Waals surface area contributed by atoms with Crippen molar-refractivity contribution < 1.29 is 4.79 Å². The highest BCUT2D eigenvalue weighted by Gasteiger charge is 2.20. The van der Waals surface area contributed by atoms with Gasteiger partial charge in [-0.1, -0.05) is 0 Å². The third kappa shape index (κ3) is 2.66. The zero-order valence-corrected chi connectivity index (χ0v) is 14.7. The number of carbonyl (C=O) groups excluding carboxylic acids is 1. The predicted octanol–water partition coefficient (Wildman–Crippen LogP) is 2.29. The first-order chi connectivity index (χ1) is 11.4. The summed E-state index contributed by atoms with van der Waals surface area (Å²) in [4.78, 5) is 17.4. The highest BCUT2D eigenvalue weighted by Crippen LogP contribution is 2.22.